The van der Waals surface area contributed by atoms with Gasteiger partial charge in [-0.2, -0.15) is 4.89 Å². The van der Waals surface area contributed by atoms with Gasteiger partial charge in [0, 0.05) is 30.2 Å². The van der Waals surface area contributed by atoms with Crippen LogP contribution in [0.2, 0.25) is 0 Å². The van der Waals surface area contributed by atoms with Gasteiger partial charge in [-0.25, -0.2) is 9.68 Å². The number of ether oxygens (including phenoxy) is 1. The normalized spacial score (nSPS) is 26.5. The Kier molecular flexibility index (Phi) is 2.48. The summed E-state index contributed by atoms with van der Waals surface area (Å²) in [4.78, 5) is 22.0. The summed E-state index contributed by atoms with van der Waals surface area (Å²) in [7, 11) is 1.54. The van der Waals surface area contributed by atoms with Crippen LogP contribution in [0.3, 0.4) is 0 Å². The van der Waals surface area contributed by atoms with Gasteiger partial charge in [0.05, 0.1) is 0 Å². The topological polar surface area (TPSA) is 78.1 Å². The molecule has 2 fully saturated rings. The average molecular weight is 290 g/mol. The van der Waals surface area contributed by atoms with Gasteiger partial charge < -0.3 is 14.3 Å². The van der Waals surface area contributed by atoms with Crippen molar-refractivity contribution in [2.24, 2.45) is 0 Å². The van der Waals surface area contributed by atoms with Crippen LogP contribution in [-0.4, -0.2) is 17.8 Å². The van der Waals surface area contributed by atoms with Crippen LogP contribution in [0, 0.1) is 0 Å². The van der Waals surface area contributed by atoms with Crippen molar-refractivity contribution >= 4 is 11.0 Å². The molecule has 1 aliphatic heterocycles. The summed E-state index contributed by atoms with van der Waals surface area (Å²) in [5, 5.41) is 10.6. The van der Waals surface area contributed by atoms with E-state index in [2.05, 4.69) is 0 Å². The van der Waals surface area contributed by atoms with Crippen molar-refractivity contribution in [3.05, 3.63) is 40.2 Å². The first kappa shape index (κ1) is 12.8. The Morgan fingerprint density at radius 2 is 2.05 bits per heavy atom. The molecule has 1 N–H and O–H groups in total. The molecule has 6 nitrogen and oxygen atoms in total. The third-order valence-corrected chi connectivity index (χ3v) is 4.45. The first-order valence-electron chi connectivity index (χ1n) is 6.80. The third-order valence-electron chi connectivity index (χ3n) is 4.45. The summed E-state index contributed by atoms with van der Waals surface area (Å²) < 4.78 is 10.8. The molecule has 1 aromatic heterocycles. The molecule has 21 heavy (non-hydrogen) atoms. The summed E-state index contributed by atoms with van der Waals surface area (Å²) in [5.41, 5.74) is -0.109. The SMILES string of the molecule is COC1(c2cc(O)cc3oc(=O)ccc23)OOC12CCC2. The van der Waals surface area contributed by atoms with E-state index in [4.69, 9.17) is 18.9 Å². The van der Waals surface area contributed by atoms with E-state index in [0.29, 0.717) is 16.5 Å². The van der Waals surface area contributed by atoms with Gasteiger partial charge >= 0.3 is 5.63 Å². The largest absolute Gasteiger partial charge is 0.508 e. The Bertz CT molecular complexity index is 766. The monoisotopic (exact) mass is 290 g/mol. The lowest BCUT2D eigenvalue weighted by molar-refractivity contribution is -0.631. The van der Waals surface area contributed by atoms with Crippen LogP contribution in [0.4, 0.5) is 0 Å². The zero-order chi connectivity index (χ0) is 14.7. The maximum Gasteiger partial charge on any atom is 0.336 e. The maximum atomic E-state index is 11.4. The van der Waals surface area contributed by atoms with Crippen LogP contribution >= 0.6 is 0 Å². The van der Waals surface area contributed by atoms with Crippen LogP contribution in [-0.2, 0) is 20.3 Å². The molecule has 1 atom stereocenters. The standard InChI is InChI=1S/C15H14O6/c1-18-15(14(20-21-15)5-2-6-14)11-7-9(16)8-12-10(11)3-4-13(17)19-12/h3-4,7-8,16H,2,5-6H2,1H3. The van der Waals surface area contributed by atoms with Crippen LogP contribution in [0.1, 0.15) is 24.8 Å². The maximum absolute atomic E-state index is 11.4. The van der Waals surface area contributed by atoms with Gasteiger partial charge in [0.2, 0.25) is 0 Å². The highest BCUT2D eigenvalue weighted by Crippen LogP contribution is 2.60. The highest BCUT2D eigenvalue weighted by Gasteiger charge is 2.69. The molecule has 1 unspecified atom stereocenters. The van der Waals surface area contributed by atoms with Crippen LogP contribution < -0.4 is 5.63 Å². The second-order valence-electron chi connectivity index (χ2n) is 5.49. The fourth-order valence-electron chi connectivity index (χ4n) is 3.20. The number of hydrogen-bond donors (Lipinski definition) is 1. The van der Waals surface area contributed by atoms with Crippen molar-refractivity contribution in [3.63, 3.8) is 0 Å². The minimum absolute atomic E-state index is 0.0201. The zero-order valence-corrected chi connectivity index (χ0v) is 11.4. The number of methoxy groups -OCH3 is 1. The van der Waals surface area contributed by atoms with Crippen molar-refractivity contribution in [3.8, 4) is 5.75 Å². The van der Waals surface area contributed by atoms with E-state index in [1.807, 2.05) is 0 Å². The van der Waals surface area contributed by atoms with Gasteiger partial charge in [0.15, 0.2) is 5.60 Å². The Labute approximate surface area is 119 Å². The number of aromatic hydroxyl groups is 1. The number of fused-ring (bicyclic) bond motifs is 1. The lowest BCUT2D eigenvalue weighted by Gasteiger charge is -2.59. The minimum atomic E-state index is -1.08. The zero-order valence-electron chi connectivity index (χ0n) is 11.4. The van der Waals surface area contributed by atoms with E-state index in [-0.39, 0.29) is 5.75 Å². The molecule has 2 aliphatic rings. The van der Waals surface area contributed by atoms with Gasteiger partial charge in [0.25, 0.3) is 5.79 Å². The number of rotatable bonds is 2. The Hall–Kier alpha value is -1.89. The molecular formula is C15H14O6. The molecule has 0 amide bonds. The summed E-state index contributed by atoms with van der Waals surface area (Å²) >= 11 is 0. The molecule has 1 saturated heterocycles. The quantitative estimate of drug-likeness (QED) is 0.674. The van der Waals surface area contributed by atoms with Gasteiger partial charge in [-0.3, -0.25) is 0 Å². The minimum Gasteiger partial charge on any atom is -0.508 e. The van der Waals surface area contributed by atoms with E-state index in [0.717, 1.165) is 19.3 Å². The molecule has 1 aromatic carbocycles. The predicted octanol–water partition coefficient (Wildman–Crippen LogP) is 2.18. The molecule has 0 bridgehead atoms. The Balaban J connectivity index is 1.99. The van der Waals surface area contributed by atoms with E-state index >= 15 is 0 Å². The lowest BCUT2D eigenvalue weighted by atomic mass is 9.69. The molecule has 1 aliphatic carbocycles. The van der Waals surface area contributed by atoms with Gasteiger partial charge in [0.1, 0.15) is 11.3 Å². The molecule has 110 valence electrons. The number of phenolic OH excluding ortho intramolecular Hbond substituents is 1. The number of hydrogen-bond acceptors (Lipinski definition) is 6. The van der Waals surface area contributed by atoms with E-state index in [1.54, 1.807) is 12.1 Å². The fraction of sp³-hybridized carbons (Fsp3) is 0.400. The lowest BCUT2D eigenvalue weighted by Crippen LogP contribution is -2.69. The molecule has 0 radical (unpaired) electrons. The number of benzene rings is 1. The molecule has 2 aromatic rings. The van der Waals surface area contributed by atoms with Crippen molar-refractivity contribution in [2.45, 2.75) is 30.7 Å². The van der Waals surface area contributed by atoms with Crippen molar-refractivity contribution in [1.29, 1.82) is 0 Å². The molecular weight excluding hydrogens is 276 g/mol. The Morgan fingerprint density at radius 3 is 2.62 bits per heavy atom. The van der Waals surface area contributed by atoms with Crippen molar-refractivity contribution in [2.75, 3.05) is 7.11 Å². The molecule has 1 spiro atoms. The van der Waals surface area contributed by atoms with Gasteiger partial charge in [-0.15, -0.1) is 0 Å². The van der Waals surface area contributed by atoms with Gasteiger partial charge in [-0.1, -0.05) is 0 Å². The van der Waals surface area contributed by atoms with Gasteiger partial charge in [-0.05, 0) is 31.4 Å². The van der Waals surface area contributed by atoms with E-state index in [1.165, 1.54) is 19.2 Å². The second kappa shape index (κ2) is 4.07. The predicted molar refractivity (Wildman–Crippen MR) is 71.6 cm³/mol. The smallest absolute Gasteiger partial charge is 0.336 e. The summed E-state index contributed by atoms with van der Waals surface area (Å²) in [5.74, 6) is -1.10. The van der Waals surface area contributed by atoms with E-state index in [9.17, 15) is 9.90 Å². The van der Waals surface area contributed by atoms with Crippen molar-refractivity contribution < 1.29 is 24.0 Å². The molecule has 2 heterocycles. The molecule has 1 saturated carbocycles. The average Bonchev–Trinajstić information content (AvgIpc) is 2.36. The highest BCUT2D eigenvalue weighted by atomic mass is 17.3. The number of phenols is 1. The second-order valence-corrected chi connectivity index (χ2v) is 5.49. The first-order valence-corrected chi connectivity index (χ1v) is 6.80. The fourth-order valence-corrected chi connectivity index (χ4v) is 3.20. The molecule has 4 rings (SSSR count). The van der Waals surface area contributed by atoms with Crippen molar-refractivity contribution in [1.82, 2.24) is 0 Å². The van der Waals surface area contributed by atoms with E-state index < -0.39 is 17.0 Å². The Morgan fingerprint density at radius 1 is 1.24 bits per heavy atom. The van der Waals surface area contributed by atoms with Crippen LogP contribution in [0.15, 0.2) is 33.5 Å². The summed E-state index contributed by atoms with van der Waals surface area (Å²) in [6, 6.07) is 5.94. The highest BCUT2D eigenvalue weighted by molar-refractivity contribution is 5.83. The first-order chi connectivity index (χ1) is 10.1. The van der Waals surface area contributed by atoms with Crippen LogP contribution in [0.5, 0.6) is 5.75 Å². The van der Waals surface area contributed by atoms with Crippen LogP contribution in [0.25, 0.3) is 11.0 Å². The molecule has 6 heteroatoms. The third kappa shape index (κ3) is 1.49. The summed E-state index contributed by atoms with van der Waals surface area (Å²) in [6.45, 7) is 0. The summed E-state index contributed by atoms with van der Waals surface area (Å²) in [6.07, 6.45) is 2.66.